The summed E-state index contributed by atoms with van der Waals surface area (Å²) < 4.78 is 38.1. The van der Waals surface area contributed by atoms with Gasteiger partial charge in [0.15, 0.2) is 0 Å². The third kappa shape index (κ3) is 4.44. The van der Waals surface area contributed by atoms with Crippen molar-refractivity contribution in [1.29, 1.82) is 0 Å². The first-order valence-corrected chi connectivity index (χ1v) is 8.99. The van der Waals surface area contributed by atoms with Gasteiger partial charge in [-0.15, -0.1) is 0 Å². The Hall–Kier alpha value is -0.630. The summed E-state index contributed by atoms with van der Waals surface area (Å²) in [5, 5.41) is 3.63. The Kier molecular flexibility index (Phi) is 5.87. The summed E-state index contributed by atoms with van der Waals surface area (Å²) in [7, 11) is 0. The first-order chi connectivity index (χ1) is 10.3. The Labute approximate surface area is 133 Å². The first-order valence-electron chi connectivity index (χ1n) is 7.70. The molecule has 0 unspecified atom stereocenters. The van der Waals surface area contributed by atoms with E-state index in [1.807, 2.05) is 11.8 Å². The molecule has 8 heteroatoms. The highest BCUT2D eigenvalue weighted by molar-refractivity contribution is 7.99. The molecule has 1 aliphatic carbocycles. The van der Waals surface area contributed by atoms with Crippen molar-refractivity contribution in [3.8, 4) is 0 Å². The van der Waals surface area contributed by atoms with Gasteiger partial charge in [0.2, 0.25) is 0 Å². The number of nitrogens with one attached hydrogen (secondary N) is 1. The van der Waals surface area contributed by atoms with Crippen LogP contribution in [0.3, 0.4) is 0 Å². The molecule has 0 spiro atoms. The molecule has 0 aromatic rings. The molecule has 0 aromatic heterocycles. The van der Waals surface area contributed by atoms with Crippen LogP contribution in [-0.2, 0) is 0 Å². The number of carbonyl (C=O) groups is 1. The van der Waals surface area contributed by atoms with Crippen LogP contribution in [-0.4, -0.2) is 71.8 Å². The van der Waals surface area contributed by atoms with Crippen LogP contribution in [0, 0.1) is 0 Å². The maximum absolute atomic E-state index is 12.7. The molecule has 4 nitrogen and oxygen atoms in total. The summed E-state index contributed by atoms with van der Waals surface area (Å²) >= 11 is 1.83. The summed E-state index contributed by atoms with van der Waals surface area (Å²) in [4.78, 5) is 15.2. The van der Waals surface area contributed by atoms with E-state index in [0.29, 0.717) is 18.3 Å². The molecule has 1 aliphatic heterocycles. The number of thioether (sulfide) groups is 1. The van der Waals surface area contributed by atoms with Crippen molar-refractivity contribution < 1.29 is 18.0 Å². The van der Waals surface area contributed by atoms with Crippen LogP contribution in [0.15, 0.2) is 0 Å². The molecule has 0 radical (unpaired) electrons. The number of nitrogens with zero attached hydrogens (tertiary/aromatic N) is 2. The van der Waals surface area contributed by atoms with Crippen molar-refractivity contribution in [2.75, 3.05) is 32.4 Å². The molecule has 1 saturated carbocycles. The maximum Gasteiger partial charge on any atom is 0.403 e. The summed E-state index contributed by atoms with van der Waals surface area (Å²) in [5.74, 6) is 0. The predicted molar refractivity (Wildman–Crippen MR) is 82.1 cm³/mol. The number of hydrogen-bond donors (Lipinski definition) is 1. The van der Waals surface area contributed by atoms with E-state index in [0.717, 1.165) is 19.3 Å². The molecule has 0 bridgehead atoms. The third-order valence-electron chi connectivity index (χ3n) is 4.67. The number of hydrogen-bond acceptors (Lipinski definition) is 3. The molecule has 0 aromatic carbocycles. The van der Waals surface area contributed by atoms with E-state index in [2.05, 4.69) is 11.6 Å². The average molecular weight is 339 g/mol. The van der Waals surface area contributed by atoms with Gasteiger partial charge in [0.1, 0.15) is 6.04 Å². The van der Waals surface area contributed by atoms with Gasteiger partial charge in [-0.25, -0.2) is 4.79 Å². The van der Waals surface area contributed by atoms with Gasteiger partial charge in [0.05, 0.1) is 0 Å². The molecule has 3 atom stereocenters. The summed E-state index contributed by atoms with van der Waals surface area (Å²) in [6.07, 6.45) is 0.959. The van der Waals surface area contributed by atoms with Gasteiger partial charge in [0.25, 0.3) is 0 Å². The van der Waals surface area contributed by atoms with E-state index in [9.17, 15) is 18.0 Å². The van der Waals surface area contributed by atoms with Crippen molar-refractivity contribution in [2.45, 2.75) is 49.7 Å². The number of piperazine rings is 1. The van der Waals surface area contributed by atoms with E-state index in [1.165, 1.54) is 11.8 Å². The van der Waals surface area contributed by atoms with Crippen LogP contribution in [0.1, 0.15) is 26.2 Å². The second-order valence-electron chi connectivity index (χ2n) is 6.06. The minimum atomic E-state index is -4.21. The average Bonchev–Trinajstić information content (AvgIpc) is 2.93. The zero-order chi connectivity index (χ0) is 16.3. The fourth-order valence-electron chi connectivity index (χ4n) is 3.07. The van der Waals surface area contributed by atoms with Crippen LogP contribution >= 0.6 is 11.8 Å². The lowest BCUT2D eigenvalue weighted by atomic mass is 10.2. The quantitative estimate of drug-likeness (QED) is 0.858. The van der Waals surface area contributed by atoms with Crippen molar-refractivity contribution in [3.63, 3.8) is 0 Å². The minimum Gasteiger partial charge on any atom is -0.335 e. The topological polar surface area (TPSA) is 35.6 Å². The second-order valence-corrected chi connectivity index (χ2v) is 7.20. The molecular weight excluding hydrogens is 315 g/mol. The van der Waals surface area contributed by atoms with Crippen LogP contribution in [0.2, 0.25) is 0 Å². The number of halogens is 3. The van der Waals surface area contributed by atoms with Gasteiger partial charge in [0, 0.05) is 37.5 Å². The van der Waals surface area contributed by atoms with Crippen LogP contribution < -0.4 is 5.32 Å². The Bertz CT molecular complexity index is 386. The lowest BCUT2D eigenvalue weighted by molar-refractivity contribution is -0.181. The van der Waals surface area contributed by atoms with E-state index < -0.39 is 12.2 Å². The standard InChI is InChI=1S/C14H24F3N3OS/c1-10(14(15,16)17)19-5-7-20(8-6-19)13(21)18-11-3-4-12(9-11)22-2/h10-12H,3-9H2,1-2H3,(H,18,21)/t10-,11-,12+/m0/s1. The number of carbonyl (C=O) groups excluding carboxylic acids is 1. The van der Waals surface area contributed by atoms with Gasteiger partial charge in [-0.05, 0) is 32.4 Å². The van der Waals surface area contributed by atoms with Crippen molar-refractivity contribution in [3.05, 3.63) is 0 Å². The smallest absolute Gasteiger partial charge is 0.335 e. The summed E-state index contributed by atoms with van der Waals surface area (Å²) in [5.41, 5.74) is 0. The van der Waals surface area contributed by atoms with E-state index >= 15 is 0 Å². The van der Waals surface area contributed by atoms with Crippen molar-refractivity contribution >= 4 is 17.8 Å². The lowest BCUT2D eigenvalue weighted by Crippen LogP contribution is -2.57. The van der Waals surface area contributed by atoms with Crippen molar-refractivity contribution in [1.82, 2.24) is 15.1 Å². The Morgan fingerprint density at radius 1 is 1.23 bits per heavy atom. The van der Waals surface area contributed by atoms with Gasteiger partial charge in [-0.2, -0.15) is 24.9 Å². The highest BCUT2D eigenvalue weighted by Gasteiger charge is 2.41. The molecule has 2 fully saturated rings. The highest BCUT2D eigenvalue weighted by Crippen LogP contribution is 2.28. The zero-order valence-corrected chi connectivity index (χ0v) is 13.8. The van der Waals surface area contributed by atoms with Gasteiger partial charge in [-0.3, -0.25) is 4.90 Å². The molecule has 1 heterocycles. The molecule has 2 rings (SSSR count). The Morgan fingerprint density at radius 3 is 2.36 bits per heavy atom. The monoisotopic (exact) mass is 339 g/mol. The van der Waals surface area contributed by atoms with Gasteiger partial charge >= 0.3 is 12.2 Å². The highest BCUT2D eigenvalue weighted by atomic mass is 32.2. The normalized spacial score (nSPS) is 28.7. The zero-order valence-electron chi connectivity index (χ0n) is 13.0. The van der Waals surface area contributed by atoms with Gasteiger partial charge in [-0.1, -0.05) is 0 Å². The fourth-order valence-corrected chi connectivity index (χ4v) is 3.87. The third-order valence-corrected chi connectivity index (χ3v) is 5.76. The fraction of sp³-hybridized carbons (Fsp3) is 0.929. The number of urea groups is 1. The molecule has 1 saturated heterocycles. The minimum absolute atomic E-state index is 0.133. The molecular formula is C14H24F3N3OS. The predicted octanol–water partition coefficient (Wildman–Crippen LogP) is 2.55. The number of rotatable bonds is 3. The molecule has 2 aliphatic rings. The molecule has 2 amide bonds. The lowest BCUT2D eigenvalue weighted by Gasteiger charge is -2.38. The summed E-state index contributed by atoms with van der Waals surface area (Å²) in [6.45, 7) is 2.42. The van der Waals surface area contributed by atoms with Crippen molar-refractivity contribution in [2.24, 2.45) is 0 Å². The Morgan fingerprint density at radius 2 is 1.86 bits per heavy atom. The second kappa shape index (κ2) is 7.29. The number of amides is 2. The SMILES string of the molecule is CS[C@@H]1CC[C@H](NC(=O)N2CCN([C@@H](C)C(F)(F)F)CC2)C1. The molecule has 128 valence electrons. The van der Waals surface area contributed by atoms with Crippen LogP contribution in [0.25, 0.3) is 0 Å². The van der Waals surface area contributed by atoms with Crippen LogP contribution in [0.5, 0.6) is 0 Å². The van der Waals surface area contributed by atoms with E-state index in [1.54, 1.807) is 4.90 Å². The van der Waals surface area contributed by atoms with Crippen LogP contribution in [0.4, 0.5) is 18.0 Å². The molecule has 22 heavy (non-hydrogen) atoms. The van der Waals surface area contributed by atoms with Gasteiger partial charge < -0.3 is 10.2 Å². The largest absolute Gasteiger partial charge is 0.403 e. The molecule has 1 N–H and O–H groups in total. The summed E-state index contributed by atoms with van der Waals surface area (Å²) in [6, 6.07) is -1.38. The first kappa shape index (κ1) is 17.7. The maximum atomic E-state index is 12.7. The van der Waals surface area contributed by atoms with E-state index in [4.69, 9.17) is 0 Å². The van der Waals surface area contributed by atoms with E-state index in [-0.39, 0.29) is 25.2 Å². The number of alkyl halides is 3. The Balaban J connectivity index is 1.76.